The molecule has 0 saturated carbocycles. The van der Waals surface area contributed by atoms with Crippen LogP contribution in [0.2, 0.25) is 0 Å². The Morgan fingerprint density at radius 2 is 1.75 bits per heavy atom. The summed E-state index contributed by atoms with van der Waals surface area (Å²) in [6, 6.07) is 4.93. The Kier molecular flexibility index (Phi) is 6.56. The highest BCUT2D eigenvalue weighted by atomic mass is 16.5. The lowest BCUT2D eigenvalue weighted by atomic mass is 10.1. The summed E-state index contributed by atoms with van der Waals surface area (Å²) >= 11 is 0. The summed E-state index contributed by atoms with van der Waals surface area (Å²) < 4.78 is 15.2. The van der Waals surface area contributed by atoms with Gasteiger partial charge < -0.3 is 14.2 Å². The van der Waals surface area contributed by atoms with Gasteiger partial charge in [-0.15, -0.1) is 0 Å². The molecule has 0 bridgehead atoms. The number of rotatable bonds is 8. The van der Waals surface area contributed by atoms with E-state index in [9.17, 15) is 9.59 Å². The van der Waals surface area contributed by atoms with Crippen molar-refractivity contribution in [2.45, 2.75) is 26.2 Å². The summed E-state index contributed by atoms with van der Waals surface area (Å²) in [4.78, 5) is 23.3. The molecule has 1 rings (SSSR count). The molecule has 0 radical (unpaired) electrons. The van der Waals surface area contributed by atoms with Gasteiger partial charge in [-0.05, 0) is 24.6 Å². The van der Waals surface area contributed by atoms with Gasteiger partial charge in [0.2, 0.25) is 0 Å². The number of ether oxygens (including phenoxy) is 3. The van der Waals surface area contributed by atoms with Gasteiger partial charge in [0.25, 0.3) is 0 Å². The topological polar surface area (TPSA) is 61.8 Å². The van der Waals surface area contributed by atoms with Crippen LogP contribution in [0.4, 0.5) is 0 Å². The maximum absolute atomic E-state index is 12.0. The van der Waals surface area contributed by atoms with Gasteiger partial charge in [-0.3, -0.25) is 9.59 Å². The predicted molar refractivity (Wildman–Crippen MR) is 74.4 cm³/mol. The van der Waals surface area contributed by atoms with Crippen LogP contribution in [-0.4, -0.2) is 32.6 Å². The number of benzene rings is 1. The molecule has 0 fully saturated rings. The van der Waals surface area contributed by atoms with Crippen molar-refractivity contribution in [1.82, 2.24) is 0 Å². The summed E-state index contributed by atoms with van der Waals surface area (Å²) in [6.45, 7) is 2.31. The zero-order chi connectivity index (χ0) is 15.0. The second kappa shape index (κ2) is 8.19. The second-order valence-corrected chi connectivity index (χ2v) is 4.21. The molecular weight excluding hydrogens is 260 g/mol. The minimum atomic E-state index is -0.347. The van der Waals surface area contributed by atoms with Crippen LogP contribution in [0.1, 0.15) is 36.5 Å². The van der Waals surface area contributed by atoms with Crippen molar-refractivity contribution in [3.63, 3.8) is 0 Å². The number of carbonyl (C=O) groups is 2. The Bertz CT molecular complexity index is 467. The average Bonchev–Trinajstić information content (AvgIpc) is 2.49. The molecule has 20 heavy (non-hydrogen) atoms. The van der Waals surface area contributed by atoms with Gasteiger partial charge >= 0.3 is 5.97 Å². The molecule has 0 amide bonds. The molecule has 1 aromatic rings. The summed E-state index contributed by atoms with van der Waals surface area (Å²) in [5.41, 5.74) is 0.492. The van der Waals surface area contributed by atoms with Gasteiger partial charge in [0.05, 0.1) is 27.2 Å². The van der Waals surface area contributed by atoms with Crippen molar-refractivity contribution in [2.24, 2.45) is 0 Å². The van der Waals surface area contributed by atoms with Crippen LogP contribution in [0.15, 0.2) is 18.2 Å². The van der Waals surface area contributed by atoms with Crippen LogP contribution in [0.25, 0.3) is 0 Å². The number of hydrogen-bond acceptors (Lipinski definition) is 5. The Labute approximate surface area is 118 Å². The number of Topliss-reactive ketones (excluding diaryl/α,β-unsaturated/α-hetero) is 1. The van der Waals surface area contributed by atoms with E-state index in [1.807, 2.05) is 6.92 Å². The number of hydrogen-bond donors (Lipinski definition) is 0. The van der Waals surface area contributed by atoms with E-state index in [2.05, 4.69) is 0 Å². The summed E-state index contributed by atoms with van der Waals surface area (Å²) in [7, 11) is 3.04. The lowest BCUT2D eigenvalue weighted by molar-refractivity contribution is -0.143. The highest BCUT2D eigenvalue weighted by Crippen LogP contribution is 2.28. The number of esters is 1. The van der Waals surface area contributed by atoms with Gasteiger partial charge in [0.1, 0.15) is 0 Å². The highest BCUT2D eigenvalue weighted by molar-refractivity contribution is 5.98. The lowest BCUT2D eigenvalue weighted by Gasteiger charge is -2.09. The number of carbonyl (C=O) groups excluding carboxylic acids is 2. The molecule has 0 spiro atoms. The highest BCUT2D eigenvalue weighted by Gasteiger charge is 2.13. The SMILES string of the molecule is CCCOC(=O)CCC(=O)c1ccc(OC)c(OC)c1. The fourth-order valence-electron chi connectivity index (χ4n) is 1.66. The maximum atomic E-state index is 12.0. The molecule has 5 heteroatoms. The molecule has 0 atom stereocenters. The zero-order valence-corrected chi connectivity index (χ0v) is 12.1. The molecule has 0 heterocycles. The van der Waals surface area contributed by atoms with Crippen LogP contribution in [0, 0.1) is 0 Å². The van der Waals surface area contributed by atoms with Gasteiger partial charge in [-0.25, -0.2) is 0 Å². The average molecular weight is 280 g/mol. The molecule has 0 unspecified atom stereocenters. The Morgan fingerprint density at radius 1 is 1.05 bits per heavy atom. The van der Waals surface area contributed by atoms with Gasteiger partial charge in [0, 0.05) is 12.0 Å². The van der Waals surface area contributed by atoms with Crippen molar-refractivity contribution in [1.29, 1.82) is 0 Å². The largest absolute Gasteiger partial charge is 0.493 e. The van der Waals surface area contributed by atoms with Crippen LogP contribution in [-0.2, 0) is 9.53 Å². The Hall–Kier alpha value is -2.04. The zero-order valence-electron chi connectivity index (χ0n) is 12.1. The van der Waals surface area contributed by atoms with Crippen LogP contribution in [0.3, 0.4) is 0 Å². The van der Waals surface area contributed by atoms with E-state index in [0.717, 1.165) is 6.42 Å². The third kappa shape index (κ3) is 4.57. The number of ketones is 1. The first-order valence-corrected chi connectivity index (χ1v) is 6.53. The first kappa shape index (κ1) is 16.0. The Morgan fingerprint density at radius 3 is 2.35 bits per heavy atom. The third-order valence-electron chi connectivity index (χ3n) is 2.73. The molecular formula is C15H20O5. The summed E-state index contributed by atoms with van der Waals surface area (Å²) in [5, 5.41) is 0. The van der Waals surface area contributed by atoms with E-state index in [1.165, 1.54) is 14.2 Å². The van der Waals surface area contributed by atoms with Crippen LogP contribution >= 0.6 is 0 Å². The quantitative estimate of drug-likeness (QED) is 0.541. The molecule has 0 aliphatic rings. The molecule has 110 valence electrons. The Balaban J connectivity index is 2.61. The first-order chi connectivity index (χ1) is 9.62. The summed E-state index contributed by atoms with van der Waals surface area (Å²) in [5.74, 6) is 0.582. The van der Waals surface area contributed by atoms with Crippen molar-refractivity contribution >= 4 is 11.8 Å². The fraction of sp³-hybridized carbons (Fsp3) is 0.467. The number of methoxy groups -OCH3 is 2. The molecule has 0 N–H and O–H groups in total. The second-order valence-electron chi connectivity index (χ2n) is 4.21. The molecule has 0 aromatic heterocycles. The molecule has 1 aromatic carbocycles. The normalized spacial score (nSPS) is 9.95. The molecule has 0 aliphatic carbocycles. The fourth-order valence-corrected chi connectivity index (χ4v) is 1.66. The van der Waals surface area contributed by atoms with E-state index in [-0.39, 0.29) is 24.6 Å². The predicted octanol–water partition coefficient (Wildman–Crippen LogP) is 2.62. The van der Waals surface area contributed by atoms with Crippen molar-refractivity contribution in [3.05, 3.63) is 23.8 Å². The standard InChI is InChI=1S/C15H20O5/c1-4-9-20-15(17)8-6-12(16)11-5-7-13(18-2)14(10-11)19-3/h5,7,10H,4,6,8-9H2,1-3H3. The van der Waals surface area contributed by atoms with Crippen LogP contribution in [0.5, 0.6) is 11.5 Å². The third-order valence-corrected chi connectivity index (χ3v) is 2.73. The summed E-state index contributed by atoms with van der Waals surface area (Å²) in [6.07, 6.45) is 0.987. The smallest absolute Gasteiger partial charge is 0.306 e. The van der Waals surface area contributed by atoms with Gasteiger partial charge in [-0.2, -0.15) is 0 Å². The molecule has 0 aliphatic heterocycles. The maximum Gasteiger partial charge on any atom is 0.306 e. The van der Waals surface area contributed by atoms with E-state index < -0.39 is 0 Å². The minimum Gasteiger partial charge on any atom is -0.493 e. The van der Waals surface area contributed by atoms with Crippen LogP contribution < -0.4 is 9.47 Å². The van der Waals surface area contributed by atoms with Crippen molar-refractivity contribution in [3.8, 4) is 11.5 Å². The molecule has 5 nitrogen and oxygen atoms in total. The van der Waals surface area contributed by atoms with Crippen molar-refractivity contribution in [2.75, 3.05) is 20.8 Å². The van der Waals surface area contributed by atoms with E-state index >= 15 is 0 Å². The van der Waals surface area contributed by atoms with Gasteiger partial charge in [0.15, 0.2) is 17.3 Å². The van der Waals surface area contributed by atoms with E-state index in [0.29, 0.717) is 23.7 Å². The lowest BCUT2D eigenvalue weighted by Crippen LogP contribution is -2.09. The van der Waals surface area contributed by atoms with Gasteiger partial charge in [-0.1, -0.05) is 6.92 Å². The monoisotopic (exact) mass is 280 g/mol. The van der Waals surface area contributed by atoms with E-state index in [4.69, 9.17) is 14.2 Å². The molecule has 0 saturated heterocycles. The first-order valence-electron chi connectivity index (χ1n) is 6.53. The minimum absolute atomic E-state index is 0.0905. The van der Waals surface area contributed by atoms with E-state index in [1.54, 1.807) is 18.2 Å². The van der Waals surface area contributed by atoms with Crippen molar-refractivity contribution < 1.29 is 23.8 Å².